The zero-order valence-electron chi connectivity index (χ0n) is 10.3. The number of aliphatic hydroxyl groups excluding tert-OH is 1. The molecule has 1 aromatic carbocycles. The molecule has 4 nitrogen and oxygen atoms in total. The van der Waals surface area contributed by atoms with Gasteiger partial charge in [0.05, 0.1) is 11.6 Å². The van der Waals surface area contributed by atoms with Gasteiger partial charge in [0, 0.05) is 11.6 Å². The van der Waals surface area contributed by atoms with Gasteiger partial charge in [0.1, 0.15) is 4.90 Å². The van der Waals surface area contributed by atoms with E-state index in [4.69, 9.17) is 28.3 Å². The van der Waals surface area contributed by atoms with Gasteiger partial charge in [-0.3, -0.25) is 0 Å². The van der Waals surface area contributed by atoms with Crippen LogP contribution in [-0.2, 0) is 16.6 Å². The number of aliphatic hydroxyl groups is 1. The smallest absolute Gasteiger partial charge is 0.242 e. The molecule has 108 valence electrons. The van der Waals surface area contributed by atoms with Crippen LogP contribution >= 0.6 is 35.0 Å². The Balaban J connectivity index is 2.94. The third-order valence-corrected chi connectivity index (χ3v) is 5.35. The lowest BCUT2D eigenvalue weighted by molar-refractivity contribution is 0.281. The van der Waals surface area contributed by atoms with Crippen molar-refractivity contribution in [2.24, 2.45) is 0 Å². The minimum Gasteiger partial charge on any atom is -0.392 e. The average Bonchev–Trinajstić information content (AvgIpc) is 2.34. The molecular formula is C11H15Cl2NO3S2. The summed E-state index contributed by atoms with van der Waals surface area (Å²) in [6.45, 7) is 0.00157. The number of hydrogen-bond donors (Lipinski definition) is 2. The molecule has 0 unspecified atom stereocenters. The summed E-state index contributed by atoms with van der Waals surface area (Å²) in [6, 6.07) is 2.62. The van der Waals surface area contributed by atoms with Crippen LogP contribution in [0, 0.1) is 0 Å². The first-order valence-electron chi connectivity index (χ1n) is 5.49. The Morgan fingerprint density at radius 3 is 2.58 bits per heavy atom. The highest BCUT2D eigenvalue weighted by molar-refractivity contribution is 7.98. The van der Waals surface area contributed by atoms with Crippen LogP contribution in [-0.4, -0.2) is 32.1 Å². The maximum Gasteiger partial charge on any atom is 0.242 e. The Morgan fingerprint density at radius 2 is 2.00 bits per heavy atom. The van der Waals surface area contributed by atoms with Crippen molar-refractivity contribution in [1.29, 1.82) is 0 Å². The van der Waals surface area contributed by atoms with Crippen LogP contribution in [0.4, 0.5) is 0 Å². The molecule has 0 aromatic heterocycles. The lowest BCUT2D eigenvalue weighted by atomic mass is 10.2. The standard InChI is InChI=1S/C11H15Cl2NO3S2/c1-18-4-2-3-14-19(16,17)11-5-8(7-15)9(12)6-10(11)13/h5-6,14-15H,2-4,7H2,1H3. The van der Waals surface area contributed by atoms with E-state index < -0.39 is 10.0 Å². The molecule has 0 saturated heterocycles. The van der Waals surface area contributed by atoms with E-state index in [1.54, 1.807) is 11.8 Å². The zero-order chi connectivity index (χ0) is 14.5. The van der Waals surface area contributed by atoms with Crippen molar-refractivity contribution in [3.05, 3.63) is 27.7 Å². The molecule has 19 heavy (non-hydrogen) atoms. The van der Waals surface area contributed by atoms with Gasteiger partial charge in [0.25, 0.3) is 0 Å². The van der Waals surface area contributed by atoms with E-state index in [1.807, 2.05) is 6.26 Å². The molecule has 1 rings (SSSR count). The summed E-state index contributed by atoms with van der Waals surface area (Å²) in [5, 5.41) is 9.39. The third-order valence-electron chi connectivity index (χ3n) is 2.38. The van der Waals surface area contributed by atoms with Gasteiger partial charge in [-0.2, -0.15) is 11.8 Å². The van der Waals surface area contributed by atoms with Crippen LogP contribution < -0.4 is 4.72 Å². The number of halogens is 2. The molecular weight excluding hydrogens is 329 g/mol. The van der Waals surface area contributed by atoms with Crippen molar-refractivity contribution in [3.63, 3.8) is 0 Å². The fraction of sp³-hybridized carbons (Fsp3) is 0.455. The zero-order valence-corrected chi connectivity index (χ0v) is 13.5. The van der Waals surface area contributed by atoms with E-state index in [0.29, 0.717) is 12.1 Å². The summed E-state index contributed by atoms with van der Waals surface area (Å²) in [5.41, 5.74) is 0.329. The second-order valence-electron chi connectivity index (χ2n) is 3.78. The molecule has 0 heterocycles. The molecule has 1 aromatic rings. The van der Waals surface area contributed by atoms with E-state index >= 15 is 0 Å². The Morgan fingerprint density at radius 1 is 1.32 bits per heavy atom. The summed E-state index contributed by atoms with van der Waals surface area (Å²) in [7, 11) is -3.68. The predicted octanol–water partition coefficient (Wildman–Crippen LogP) is 2.52. The summed E-state index contributed by atoms with van der Waals surface area (Å²) in [6.07, 6.45) is 2.69. The highest BCUT2D eigenvalue weighted by atomic mass is 35.5. The first-order valence-corrected chi connectivity index (χ1v) is 9.13. The molecule has 0 radical (unpaired) electrons. The monoisotopic (exact) mass is 343 g/mol. The van der Waals surface area contributed by atoms with Crippen LogP contribution in [0.3, 0.4) is 0 Å². The second kappa shape index (κ2) is 7.71. The largest absolute Gasteiger partial charge is 0.392 e. The maximum absolute atomic E-state index is 12.1. The summed E-state index contributed by atoms with van der Waals surface area (Å²) in [5.74, 6) is 0.874. The number of rotatable bonds is 7. The SMILES string of the molecule is CSCCCNS(=O)(=O)c1cc(CO)c(Cl)cc1Cl. The fourth-order valence-corrected chi connectivity index (χ4v) is 3.76. The lowest BCUT2D eigenvalue weighted by Gasteiger charge is -2.10. The first-order chi connectivity index (χ1) is 8.92. The Labute approximate surface area is 127 Å². The van der Waals surface area contributed by atoms with E-state index in [2.05, 4.69) is 4.72 Å². The van der Waals surface area contributed by atoms with Gasteiger partial charge in [-0.15, -0.1) is 0 Å². The topological polar surface area (TPSA) is 66.4 Å². The average molecular weight is 344 g/mol. The molecule has 0 amide bonds. The van der Waals surface area contributed by atoms with E-state index in [1.165, 1.54) is 12.1 Å². The molecule has 0 spiro atoms. The van der Waals surface area contributed by atoms with E-state index in [0.717, 1.165) is 12.2 Å². The quantitative estimate of drug-likeness (QED) is 0.746. The van der Waals surface area contributed by atoms with Crippen molar-refractivity contribution in [1.82, 2.24) is 4.72 Å². The molecule has 0 fully saturated rings. The highest BCUT2D eigenvalue weighted by Gasteiger charge is 2.19. The van der Waals surface area contributed by atoms with Crippen molar-refractivity contribution in [3.8, 4) is 0 Å². The Kier molecular flexibility index (Phi) is 6.93. The van der Waals surface area contributed by atoms with Crippen LogP contribution in [0.5, 0.6) is 0 Å². The van der Waals surface area contributed by atoms with E-state index in [9.17, 15) is 8.42 Å². The summed E-state index contributed by atoms with van der Waals surface area (Å²) in [4.78, 5) is -0.0632. The molecule has 0 aliphatic carbocycles. The molecule has 0 bridgehead atoms. The number of sulfonamides is 1. The number of benzene rings is 1. The van der Waals surface area contributed by atoms with Gasteiger partial charge in [-0.1, -0.05) is 23.2 Å². The lowest BCUT2D eigenvalue weighted by Crippen LogP contribution is -2.25. The van der Waals surface area contributed by atoms with Crippen molar-refractivity contribution >= 4 is 45.0 Å². The molecule has 0 aliphatic rings. The van der Waals surface area contributed by atoms with Crippen molar-refractivity contribution < 1.29 is 13.5 Å². The third kappa shape index (κ3) is 4.81. The van der Waals surface area contributed by atoms with Crippen LogP contribution in [0.2, 0.25) is 10.0 Å². The van der Waals surface area contributed by atoms with Crippen LogP contribution in [0.15, 0.2) is 17.0 Å². The highest BCUT2D eigenvalue weighted by Crippen LogP contribution is 2.28. The minimum absolute atomic E-state index is 0.0413. The van der Waals surface area contributed by atoms with Gasteiger partial charge in [-0.05, 0) is 36.1 Å². The van der Waals surface area contributed by atoms with Gasteiger partial charge < -0.3 is 5.11 Å². The van der Waals surface area contributed by atoms with Gasteiger partial charge in [-0.25, -0.2) is 13.1 Å². The van der Waals surface area contributed by atoms with E-state index in [-0.39, 0.29) is 21.5 Å². The van der Waals surface area contributed by atoms with Gasteiger partial charge in [0.2, 0.25) is 10.0 Å². The van der Waals surface area contributed by atoms with Gasteiger partial charge in [0.15, 0.2) is 0 Å². The predicted molar refractivity (Wildman–Crippen MR) is 80.6 cm³/mol. The minimum atomic E-state index is -3.68. The molecule has 0 atom stereocenters. The molecule has 0 aliphatic heterocycles. The summed E-state index contributed by atoms with van der Waals surface area (Å²) < 4.78 is 26.6. The van der Waals surface area contributed by atoms with Crippen LogP contribution in [0.25, 0.3) is 0 Å². The number of hydrogen-bond acceptors (Lipinski definition) is 4. The van der Waals surface area contributed by atoms with Crippen LogP contribution in [0.1, 0.15) is 12.0 Å². The Bertz CT molecular complexity index is 535. The van der Waals surface area contributed by atoms with Crippen molar-refractivity contribution in [2.45, 2.75) is 17.9 Å². The fourth-order valence-electron chi connectivity index (χ4n) is 1.40. The summed E-state index contributed by atoms with van der Waals surface area (Å²) >= 11 is 13.4. The van der Waals surface area contributed by atoms with Crippen molar-refractivity contribution in [2.75, 3.05) is 18.6 Å². The first kappa shape index (κ1) is 17.1. The molecule has 0 saturated carbocycles. The molecule has 2 N–H and O–H groups in total. The number of nitrogens with one attached hydrogen (secondary N) is 1. The normalized spacial score (nSPS) is 11.8. The number of thioether (sulfide) groups is 1. The van der Waals surface area contributed by atoms with Gasteiger partial charge >= 0.3 is 0 Å². The maximum atomic E-state index is 12.1. The molecule has 8 heteroatoms. The Hall–Kier alpha value is 0.0200. The second-order valence-corrected chi connectivity index (χ2v) is 7.31.